The summed E-state index contributed by atoms with van der Waals surface area (Å²) in [7, 11) is 0. The Hall–Kier alpha value is -2.02. The fourth-order valence-electron chi connectivity index (χ4n) is 8.38. The van der Waals surface area contributed by atoms with Crippen molar-refractivity contribution in [3.63, 3.8) is 0 Å². The second kappa shape index (κ2) is 8.89. The molecular weight excluding hydrogens is 444 g/mol. The average molecular weight is 483 g/mol. The Kier molecular flexibility index (Phi) is 5.87. The molecule has 3 N–H and O–H groups in total. The molecule has 34 heavy (non-hydrogen) atoms. The largest absolute Gasteiger partial charge is 0.492 e. The van der Waals surface area contributed by atoms with Gasteiger partial charge in [0.2, 0.25) is 0 Å². The number of nitrogens with zero attached hydrogens (tertiary/aromatic N) is 1. The minimum Gasteiger partial charge on any atom is -0.492 e. The van der Waals surface area contributed by atoms with E-state index in [2.05, 4.69) is 20.9 Å². The number of amides is 2. The van der Waals surface area contributed by atoms with Crippen LogP contribution >= 0.6 is 12.2 Å². The topological polar surface area (TPSA) is 65.6 Å². The standard InChI is InChI=1S/C27H38N4O2S/c1-2-33-24-6-4-3-5-23(24)29-26(34)31-21-7-8-22(31)13-20(12-21)28-25(32)30-27-14-17-9-18(15-27)11-19(10-17)16-27/h3-6,17-22H,2,7-16H2,1H3,(H,29,34)(H2,28,30,32)/t17?,18?,19?,21-,22-,27?/m1/s1. The molecule has 0 aromatic heterocycles. The van der Waals surface area contributed by atoms with Crippen LogP contribution in [-0.2, 0) is 0 Å². The van der Waals surface area contributed by atoms with E-state index in [9.17, 15) is 4.79 Å². The first-order chi connectivity index (χ1) is 16.5. The Labute approximate surface area is 208 Å². The molecule has 7 rings (SSSR count). The minimum atomic E-state index is 0.0612. The lowest BCUT2D eigenvalue weighted by Gasteiger charge is -2.56. The van der Waals surface area contributed by atoms with Crippen molar-refractivity contribution >= 4 is 29.0 Å². The molecule has 0 unspecified atom stereocenters. The maximum Gasteiger partial charge on any atom is 0.315 e. The number of urea groups is 1. The lowest BCUT2D eigenvalue weighted by molar-refractivity contribution is -0.0138. The van der Waals surface area contributed by atoms with Crippen molar-refractivity contribution in [1.29, 1.82) is 0 Å². The van der Waals surface area contributed by atoms with Crippen LogP contribution in [0.4, 0.5) is 10.5 Å². The number of benzene rings is 1. The summed E-state index contributed by atoms with van der Waals surface area (Å²) in [5.41, 5.74) is 0.988. The summed E-state index contributed by atoms with van der Waals surface area (Å²) >= 11 is 5.85. The van der Waals surface area contributed by atoms with E-state index in [1.807, 2.05) is 31.2 Å². The van der Waals surface area contributed by atoms with Crippen LogP contribution in [0.3, 0.4) is 0 Å². The van der Waals surface area contributed by atoms with Gasteiger partial charge in [0, 0.05) is 23.7 Å². The van der Waals surface area contributed by atoms with Gasteiger partial charge in [-0.3, -0.25) is 0 Å². The predicted molar refractivity (Wildman–Crippen MR) is 138 cm³/mol. The number of anilines is 1. The molecule has 0 spiro atoms. The Bertz CT molecular complexity index is 903. The van der Waals surface area contributed by atoms with Crippen LogP contribution in [0.25, 0.3) is 0 Å². The Balaban J connectivity index is 1.05. The molecule has 1 aromatic rings. The molecule has 6 fully saturated rings. The van der Waals surface area contributed by atoms with Crippen molar-refractivity contribution in [3.8, 4) is 5.75 Å². The van der Waals surface area contributed by atoms with Gasteiger partial charge in [-0.05, 0) is 113 Å². The van der Waals surface area contributed by atoms with Crippen LogP contribution in [0.15, 0.2) is 24.3 Å². The molecule has 0 radical (unpaired) electrons. The normalized spacial score (nSPS) is 37.4. The predicted octanol–water partition coefficient (Wildman–Crippen LogP) is 5.05. The molecule has 6 bridgehead atoms. The van der Waals surface area contributed by atoms with Crippen LogP contribution in [0, 0.1) is 17.8 Å². The molecule has 4 saturated carbocycles. The van der Waals surface area contributed by atoms with Gasteiger partial charge in [-0.25, -0.2) is 4.79 Å². The van der Waals surface area contributed by atoms with Crippen molar-refractivity contribution in [2.24, 2.45) is 17.8 Å². The highest BCUT2D eigenvalue weighted by molar-refractivity contribution is 7.80. The van der Waals surface area contributed by atoms with E-state index < -0.39 is 0 Å². The summed E-state index contributed by atoms with van der Waals surface area (Å²) in [4.78, 5) is 15.5. The SMILES string of the molecule is CCOc1ccccc1NC(=S)N1[C@@H]2CC[C@@H]1CC(NC(=O)NC13CC4CC(CC(C4)C1)C3)C2. The number of rotatable bonds is 5. The number of nitrogens with one attached hydrogen (secondary N) is 3. The molecule has 4 aliphatic carbocycles. The zero-order chi connectivity index (χ0) is 23.3. The molecule has 184 valence electrons. The number of fused-ring (bicyclic) bond motifs is 2. The first-order valence-corrected chi connectivity index (χ1v) is 13.8. The van der Waals surface area contributed by atoms with Crippen LogP contribution in [0.5, 0.6) is 5.75 Å². The van der Waals surface area contributed by atoms with Crippen molar-refractivity contribution in [2.45, 2.75) is 94.8 Å². The smallest absolute Gasteiger partial charge is 0.315 e. The Morgan fingerprint density at radius 1 is 1.03 bits per heavy atom. The first kappa shape index (κ1) is 22.4. The highest BCUT2D eigenvalue weighted by atomic mass is 32.1. The van der Waals surface area contributed by atoms with Gasteiger partial charge in [-0.2, -0.15) is 0 Å². The van der Waals surface area contributed by atoms with E-state index in [-0.39, 0.29) is 17.6 Å². The summed E-state index contributed by atoms with van der Waals surface area (Å²) < 4.78 is 5.76. The van der Waals surface area contributed by atoms with E-state index >= 15 is 0 Å². The molecule has 7 heteroatoms. The highest BCUT2D eigenvalue weighted by Gasteiger charge is 2.52. The molecule has 2 aliphatic heterocycles. The highest BCUT2D eigenvalue weighted by Crippen LogP contribution is 2.55. The van der Waals surface area contributed by atoms with Gasteiger partial charge < -0.3 is 25.6 Å². The number of piperidine rings is 1. The van der Waals surface area contributed by atoms with Crippen molar-refractivity contribution in [1.82, 2.24) is 15.5 Å². The molecular formula is C27H38N4O2S. The van der Waals surface area contributed by atoms with Crippen LogP contribution in [0.2, 0.25) is 0 Å². The summed E-state index contributed by atoms with van der Waals surface area (Å²) in [6.45, 7) is 2.62. The maximum absolute atomic E-state index is 13.1. The molecule has 1 aromatic carbocycles. The second-order valence-corrected chi connectivity index (χ2v) is 12.0. The van der Waals surface area contributed by atoms with Gasteiger partial charge in [0.1, 0.15) is 5.75 Å². The summed E-state index contributed by atoms with van der Waals surface area (Å²) in [6.07, 6.45) is 12.0. The molecule has 2 saturated heterocycles. The number of carbonyl (C=O) groups excluding carboxylic acids is 1. The molecule has 2 atom stereocenters. The molecule has 6 aliphatic rings. The third-order valence-electron chi connectivity index (χ3n) is 9.15. The third kappa shape index (κ3) is 4.25. The summed E-state index contributed by atoms with van der Waals surface area (Å²) in [5, 5.41) is 11.1. The molecule has 2 heterocycles. The molecule has 2 amide bonds. The zero-order valence-corrected chi connectivity index (χ0v) is 21.0. The number of carbonyl (C=O) groups is 1. The minimum absolute atomic E-state index is 0.0612. The van der Waals surface area contributed by atoms with E-state index in [0.717, 1.165) is 60.0 Å². The van der Waals surface area contributed by atoms with Crippen molar-refractivity contribution in [3.05, 3.63) is 24.3 Å². The van der Waals surface area contributed by atoms with Gasteiger partial charge >= 0.3 is 6.03 Å². The summed E-state index contributed by atoms with van der Waals surface area (Å²) in [6, 6.07) is 9.01. The van der Waals surface area contributed by atoms with Crippen LogP contribution in [0.1, 0.15) is 71.1 Å². The summed E-state index contributed by atoms with van der Waals surface area (Å²) in [5.74, 6) is 3.35. The maximum atomic E-state index is 13.1. The van der Waals surface area contributed by atoms with E-state index in [1.165, 1.54) is 38.5 Å². The van der Waals surface area contributed by atoms with Gasteiger partial charge in [0.25, 0.3) is 0 Å². The number of para-hydroxylation sites is 2. The Morgan fingerprint density at radius 2 is 1.65 bits per heavy atom. The fraction of sp³-hybridized carbons (Fsp3) is 0.704. The van der Waals surface area contributed by atoms with Gasteiger partial charge in [-0.1, -0.05) is 12.1 Å². The third-order valence-corrected chi connectivity index (χ3v) is 9.46. The van der Waals surface area contributed by atoms with Crippen LogP contribution in [-0.4, -0.2) is 46.3 Å². The van der Waals surface area contributed by atoms with E-state index in [4.69, 9.17) is 17.0 Å². The number of hydrogen-bond donors (Lipinski definition) is 3. The van der Waals surface area contributed by atoms with Gasteiger partial charge in [0.05, 0.1) is 12.3 Å². The average Bonchev–Trinajstić information content (AvgIpc) is 3.04. The lowest BCUT2D eigenvalue weighted by Crippen LogP contribution is -2.63. The molecule has 6 nitrogen and oxygen atoms in total. The van der Waals surface area contributed by atoms with Crippen LogP contribution < -0.4 is 20.7 Å². The first-order valence-electron chi connectivity index (χ1n) is 13.4. The number of thiocarbonyl (C=S) groups is 1. The van der Waals surface area contributed by atoms with Crippen molar-refractivity contribution < 1.29 is 9.53 Å². The zero-order valence-electron chi connectivity index (χ0n) is 20.2. The lowest BCUT2D eigenvalue weighted by atomic mass is 9.53. The van der Waals surface area contributed by atoms with E-state index in [1.54, 1.807) is 0 Å². The van der Waals surface area contributed by atoms with Gasteiger partial charge in [0.15, 0.2) is 5.11 Å². The van der Waals surface area contributed by atoms with E-state index in [0.29, 0.717) is 18.7 Å². The number of hydrogen-bond acceptors (Lipinski definition) is 3. The quantitative estimate of drug-likeness (QED) is 0.513. The van der Waals surface area contributed by atoms with Gasteiger partial charge in [-0.15, -0.1) is 0 Å². The monoisotopic (exact) mass is 482 g/mol. The second-order valence-electron chi connectivity index (χ2n) is 11.6. The fourth-order valence-corrected chi connectivity index (χ4v) is 8.79. The number of ether oxygens (including phenoxy) is 1. The van der Waals surface area contributed by atoms with Crippen molar-refractivity contribution in [2.75, 3.05) is 11.9 Å². The Morgan fingerprint density at radius 3 is 2.26 bits per heavy atom.